The number of amides is 2. The van der Waals surface area contributed by atoms with Gasteiger partial charge in [-0.05, 0) is 38.5 Å². The number of hydrogen-bond acceptors (Lipinski definition) is 3. The molecule has 0 bridgehead atoms. The molecule has 3 unspecified atom stereocenters. The summed E-state index contributed by atoms with van der Waals surface area (Å²) in [6.45, 7) is 5.21. The van der Waals surface area contributed by atoms with Gasteiger partial charge in [-0.3, -0.25) is 9.59 Å². The molecule has 0 radical (unpaired) electrons. The smallest absolute Gasteiger partial charge is 0.249 e. The average Bonchev–Trinajstić information content (AvgIpc) is 3.15. The highest BCUT2D eigenvalue weighted by Crippen LogP contribution is 2.43. The van der Waals surface area contributed by atoms with Gasteiger partial charge in [-0.25, -0.2) is 0 Å². The molecule has 2 heterocycles. The maximum atomic E-state index is 13.0. The first-order valence-corrected chi connectivity index (χ1v) is 7.80. The molecule has 20 heavy (non-hydrogen) atoms. The third-order valence-corrected chi connectivity index (χ3v) is 4.96. The minimum atomic E-state index is -0.691. The lowest BCUT2D eigenvalue weighted by Gasteiger charge is -2.47. The topological polar surface area (TPSA) is 58.6 Å². The molecule has 0 aromatic heterocycles. The molecule has 2 aliphatic heterocycles. The van der Waals surface area contributed by atoms with Gasteiger partial charge in [-0.15, -0.1) is 0 Å². The molecule has 0 aromatic carbocycles. The summed E-state index contributed by atoms with van der Waals surface area (Å²) >= 11 is 0. The first-order chi connectivity index (χ1) is 9.58. The first-order valence-electron chi connectivity index (χ1n) is 7.80. The van der Waals surface area contributed by atoms with Gasteiger partial charge in [0.25, 0.3) is 0 Å². The van der Waals surface area contributed by atoms with Crippen molar-refractivity contribution in [3.8, 4) is 0 Å². The van der Waals surface area contributed by atoms with Gasteiger partial charge in [0.05, 0.1) is 12.6 Å². The van der Waals surface area contributed by atoms with E-state index in [0.717, 1.165) is 32.1 Å². The van der Waals surface area contributed by atoms with Crippen molar-refractivity contribution in [2.24, 2.45) is 5.92 Å². The Bertz CT molecular complexity index is 415. The quantitative estimate of drug-likeness (QED) is 0.838. The zero-order valence-corrected chi connectivity index (χ0v) is 12.4. The van der Waals surface area contributed by atoms with E-state index in [2.05, 4.69) is 12.2 Å². The molecular weight excluding hydrogens is 256 g/mol. The molecule has 3 rings (SSSR count). The number of carbonyl (C=O) groups excluding carboxylic acids is 2. The SMILES string of the molecule is CCCC1C(=O)NC(C)(C2CC2)C(=O)N1C1CCOC1. The Balaban J connectivity index is 1.89. The van der Waals surface area contributed by atoms with E-state index in [-0.39, 0.29) is 23.9 Å². The van der Waals surface area contributed by atoms with Crippen LogP contribution >= 0.6 is 0 Å². The number of carbonyl (C=O) groups is 2. The summed E-state index contributed by atoms with van der Waals surface area (Å²) in [4.78, 5) is 27.4. The van der Waals surface area contributed by atoms with E-state index >= 15 is 0 Å². The second-order valence-electron chi connectivity index (χ2n) is 6.50. The Morgan fingerprint density at radius 1 is 1.35 bits per heavy atom. The van der Waals surface area contributed by atoms with E-state index in [9.17, 15) is 9.59 Å². The van der Waals surface area contributed by atoms with Crippen LogP contribution in [0.5, 0.6) is 0 Å². The Kier molecular flexibility index (Phi) is 3.48. The fourth-order valence-corrected chi connectivity index (χ4v) is 3.57. The third kappa shape index (κ3) is 2.12. The molecule has 1 N–H and O–H groups in total. The normalized spacial score (nSPS) is 38.2. The van der Waals surface area contributed by atoms with E-state index in [0.29, 0.717) is 19.1 Å². The van der Waals surface area contributed by atoms with Gasteiger partial charge < -0.3 is 15.0 Å². The van der Waals surface area contributed by atoms with Crippen LogP contribution in [0.15, 0.2) is 0 Å². The largest absolute Gasteiger partial charge is 0.379 e. The van der Waals surface area contributed by atoms with Gasteiger partial charge in [-0.2, -0.15) is 0 Å². The highest BCUT2D eigenvalue weighted by atomic mass is 16.5. The van der Waals surface area contributed by atoms with Crippen LogP contribution in [0.4, 0.5) is 0 Å². The van der Waals surface area contributed by atoms with Crippen molar-refractivity contribution < 1.29 is 14.3 Å². The van der Waals surface area contributed by atoms with Crippen molar-refractivity contribution in [1.82, 2.24) is 10.2 Å². The number of hydrogen-bond donors (Lipinski definition) is 1. The third-order valence-electron chi connectivity index (χ3n) is 4.96. The highest BCUT2D eigenvalue weighted by molar-refractivity contribution is 6.00. The lowest BCUT2D eigenvalue weighted by Crippen LogP contribution is -2.72. The summed E-state index contributed by atoms with van der Waals surface area (Å²) in [7, 11) is 0. The molecule has 2 amide bonds. The summed E-state index contributed by atoms with van der Waals surface area (Å²) in [6, 6.07) is -0.241. The lowest BCUT2D eigenvalue weighted by molar-refractivity contribution is -0.158. The number of nitrogens with one attached hydrogen (secondary N) is 1. The van der Waals surface area contributed by atoms with Crippen LogP contribution in [0.1, 0.15) is 46.0 Å². The van der Waals surface area contributed by atoms with Crippen LogP contribution in [0.2, 0.25) is 0 Å². The number of piperazine rings is 1. The summed E-state index contributed by atoms with van der Waals surface area (Å²) < 4.78 is 5.44. The van der Waals surface area contributed by atoms with E-state index in [1.54, 1.807) is 0 Å². The molecule has 5 heteroatoms. The van der Waals surface area contributed by atoms with Crippen LogP contribution in [-0.4, -0.2) is 47.6 Å². The number of ether oxygens (including phenoxy) is 1. The van der Waals surface area contributed by atoms with Crippen LogP contribution in [-0.2, 0) is 14.3 Å². The zero-order valence-electron chi connectivity index (χ0n) is 12.4. The van der Waals surface area contributed by atoms with Crippen LogP contribution in [0.25, 0.3) is 0 Å². The second-order valence-corrected chi connectivity index (χ2v) is 6.50. The molecule has 3 atom stereocenters. The minimum Gasteiger partial charge on any atom is -0.379 e. The summed E-state index contributed by atoms with van der Waals surface area (Å²) in [6.07, 6.45) is 4.55. The molecular formula is C15H24N2O3. The fourth-order valence-electron chi connectivity index (χ4n) is 3.57. The summed E-state index contributed by atoms with van der Waals surface area (Å²) in [5.74, 6) is 0.438. The predicted octanol–water partition coefficient (Wildman–Crippen LogP) is 1.07. The Morgan fingerprint density at radius 2 is 2.10 bits per heavy atom. The molecule has 112 valence electrons. The fraction of sp³-hybridized carbons (Fsp3) is 0.867. The van der Waals surface area contributed by atoms with Gasteiger partial charge in [-0.1, -0.05) is 13.3 Å². The van der Waals surface area contributed by atoms with Gasteiger partial charge in [0.15, 0.2) is 0 Å². The van der Waals surface area contributed by atoms with Gasteiger partial charge in [0.2, 0.25) is 11.8 Å². The first kappa shape index (κ1) is 13.9. The minimum absolute atomic E-state index is 0.0211. The standard InChI is InChI=1S/C15H24N2O3/c1-3-4-12-13(18)16-15(2,10-5-6-10)14(19)17(12)11-7-8-20-9-11/h10-12H,3-9H2,1-2H3,(H,16,18). The van der Waals surface area contributed by atoms with Gasteiger partial charge >= 0.3 is 0 Å². The molecule has 0 aromatic rings. The van der Waals surface area contributed by atoms with Crippen molar-refractivity contribution >= 4 is 11.8 Å². The maximum Gasteiger partial charge on any atom is 0.249 e. The van der Waals surface area contributed by atoms with Gasteiger partial charge in [0, 0.05) is 6.61 Å². The Hall–Kier alpha value is -1.10. The van der Waals surface area contributed by atoms with Crippen LogP contribution in [0, 0.1) is 5.92 Å². The van der Waals surface area contributed by atoms with E-state index in [1.165, 1.54) is 0 Å². The van der Waals surface area contributed by atoms with Crippen molar-refractivity contribution in [3.63, 3.8) is 0 Å². The molecule has 0 spiro atoms. The van der Waals surface area contributed by atoms with Crippen molar-refractivity contribution in [2.75, 3.05) is 13.2 Å². The molecule has 3 aliphatic rings. The summed E-state index contributed by atoms with van der Waals surface area (Å²) in [5.41, 5.74) is -0.691. The zero-order chi connectivity index (χ0) is 14.3. The lowest BCUT2D eigenvalue weighted by atomic mass is 9.87. The van der Waals surface area contributed by atoms with E-state index < -0.39 is 5.54 Å². The molecule has 3 fully saturated rings. The molecule has 2 saturated heterocycles. The van der Waals surface area contributed by atoms with Crippen molar-refractivity contribution in [3.05, 3.63) is 0 Å². The predicted molar refractivity (Wildman–Crippen MR) is 74.0 cm³/mol. The highest BCUT2D eigenvalue weighted by Gasteiger charge is 2.56. The van der Waals surface area contributed by atoms with Crippen molar-refractivity contribution in [1.29, 1.82) is 0 Å². The van der Waals surface area contributed by atoms with Crippen LogP contribution in [0.3, 0.4) is 0 Å². The summed E-state index contributed by atoms with van der Waals surface area (Å²) in [5, 5.41) is 3.02. The van der Waals surface area contributed by atoms with Crippen molar-refractivity contribution in [2.45, 2.75) is 63.6 Å². The van der Waals surface area contributed by atoms with Crippen LogP contribution < -0.4 is 5.32 Å². The average molecular weight is 280 g/mol. The van der Waals surface area contributed by atoms with E-state index in [4.69, 9.17) is 4.74 Å². The Labute approximate surface area is 120 Å². The molecule has 1 saturated carbocycles. The monoisotopic (exact) mass is 280 g/mol. The second kappa shape index (κ2) is 5.02. The molecule has 1 aliphatic carbocycles. The number of nitrogens with zero attached hydrogens (tertiary/aromatic N) is 1. The van der Waals surface area contributed by atoms with Gasteiger partial charge in [0.1, 0.15) is 11.6 Å². The molecule has 5 nitrogen and oxygen atoms in total. The van der Waals surface area contributed by atoms with E-state index in [1.807, 2.05) is 11.8 Å². The maximum absolute atomic E-state index is 13.0. The Morgan fingerprint density at radius 3 is 2.65 bits per heavy atom. The number of rotatable bonds is 4.